The smallest absolute Gasteiger partial charge is 0.237 e. The number of carbonyl (C=O) groups is 1. The predicted molar refractivity (Wildman–Crippen MR) is 124 cm³/mol. The van der Waals surface area contributed by atoms with Gasteiger partial charge in [0.25, 0.3) is 0 Å². The van der Waals surface area contributed by atoms with Gasteiger partial charge in [-0.25, -0.2) is 0 Å². The normalized spacial score (nSPS) is 12.2. The summed E-state index contributed by atoms with van der Waals surface area (Å²) in [7, 11) is 1.66. The summed E-state index contributed by atoms with van der Waals surface area (Å²) in [6.45, 7) is 9.26. The number of hydrogen-bond donors (Lipinski definition) is 1. The number of methoxy groups -OCH3 is 1. The third-order valence-electron chi connectivity index (χ3n) is 5.00. The average molecular weight is 440 g/mol. The first-order chi connectivity index (χ1) is 14.9. The Morgan fingerprint density at radius 3 is 2.58 bits per heavy atom. The summed E-state index contributed by atoms with van der Waals surface area (Å²) in [5.41, 5.74) is 4.01. The lowest BCUT2D eigenvalue weighted by molar-refractivity contribution is -0.115. The van der Waals surface area contributed by atoms with Gasteiger partial charge in [-0.3, -0.25) is 14.3 Å². The number of amides is 1. The number of benzene rings is 1. The summed E-state index contributed by atoms with van der Waals surface area (Å²) >= 11 is 1.39. The molecule has 0 saturated heterocycles. The fourth-order valence-corrected chi connectivity index (χ4v) is 4.13. The first kappa shape index (κ1) is 23.0. The SMILES string of the molecule is COCCn1c(SC(C)C(=O)Nc2c(C)cccc2C(C)C)nnc1-c1ccncc1. The van der Waals surface area contributed by atoms with Gasteiger partial charge >= 0.3 is 0 Å². The topological polar surface area (TPSA) is 81.9 Å². The van der Waals surface area contributed by atoms with Crippen molar-refractivity contribution in [3.8, 4) is 11.4 Å². The van der Waals surface area contributed by atoms with E-state index in [1.54, 1.807) is 19.5 Å². The molecule has 164 valence electrons. The van der Waals surface area contributed by atoms with Crippen molar-refractivity contribution in [1.82, 2.24) is 19.7 Å². The van der Waals surface area contributed by atoms with Crippen molar-refractivity contribution >= 4 is 23.4 Å². The number of nitrogens with zero attached hydrogens (tertiary/aromatic N) is 4. The molecule has 0 bridgehead atoms. The van der Waals surface area contributed by atoms with Crippen LogP contribution in [0.4, 0.5) is 5.69 Å². The maximum atomic E-state index is 13.0. The number of hydrogen-bond acceptors (Lipinski definition) is 6. The standard InChI is InChI=1S/C23H29N5O2S/c1-15(2)19-8-6-7-16(3)20(19)25-22(29)17(4)31-23-27-26-21(28(23)13-14-30-5)18-9-11-24-12-10-18/h6-12,15,17H,13-14H2,1-5H3,(H,25,29). The molecule has 7 nitrogen and oxygen atoms in total. The fourth-order valence-electron chi connectivity index (χ4n) is 3.25. The molecule has 1 atom stereocenters. The van der Waals surface area contributed by atoms with Crippen molar-refractivity contribution < 1.29 is 9.53 Å². The van der Waals surface area contributed by atoms with Crippen LogP contribution in [-0.4, -0.2) is 44.6 Å². The quantitative estimate of drug-likeness (QED) is 0.493. The highest BCUT2D eigenvalue weighted by Gasteiger charge is 2.22. The van der Waals surface area contributed by atoms with Crippen molar-refractivity contribution in [1.29, 1.82) is 0 Å². The number of nitrogens with one attached hydrogen (secondary N) is 1. The van der Waals surface area contributed by atoms with Crippen LogP contribution < -0.4 is 5.32 Å². The van der Waals surface area contributed by atoms with Gasteiger partial charge < -0.3 is 10.1 Å². The van der Waals surface area contributed by atoms with Crippen LogP contribution >= 0.6 is 11.8 Å². The van der Waals surface area contributed by atoms with Crippen molar-refractivity contribution in [2.75, 3.05) is 19.0 Å². The highest BCUT2D eigenvalue weighted by Crippen LogP contribution is 2.30. The van der Waals surface area contributed by atoms with Crippen LogP contribution in [0, 0.1) is 6.92 Å². The molecule has 0 aliphatic rings. The van der Waals surface area contributed by atoms with Crippen LogP contribution in [0.2, 0.25) is 0 Å². The highest BCUT2D eigenvalue weighted by molar-refractivity contribution is 8.00. The van der Waals surface area contributed by atoms with E-state index in [9.17, 15) is 4.79 Å². The number of thioether (sulfide) groups is 1. The van der Waals surface area contributed by atoms with Gasteiger partial charge in [0.2, 0.25) is 5.91 Å². The second-order valence-corrected chi connectivity index (χ2v) is 8.94. The summed E-state index contributed by atoms with van der Waals surface area (Å²) in [5, 5.41) is 12.2. The van der Waals surface area contributed by atoms with E-state index < -0.39 is 0 Å². The number of ether oxygens (including phenoxy) is 1. The minimum Gasteiger partial charge on any atom is -0.383 e. The first-order valence-electron chi connectivity index (χ1n) is 10.3. The van der Waals surface area contributed by atoms with Crippen LogP contribution in [0.15, 0.2) is 47.9 Å². The third-order valence-corrected chi connectivity index (χ3v) is 6.08. The van der Waals surface area contributed by atoms with Gasteiger partial charge in [0.15, 0.2) is 11.0 Å². The number of carbonyl (C=O) groups excluding carboxylic acids is 1. The molecule has 1 N–H and O–H groups in total. The predicted octanol–water partition coefficient (Wildman–Crippen LogP) is 4.54. The van der Waals surface area contributed by atoms with Gasteiger partial charge in [0, 0.05) is 30.8 Å². The Morgan fingerprint density at radius 1 is 1.16 bits per heavy atom. The molecule has 2 heterocycles. The van der Waals surface area contributed by atoms with Gasteiger partial charge in [-0.15, -0.1) is 10.2 Å². The lowest BCUT2D eigenvalue weighted by atomic mass is 9.98. The van der Waals surface area contributed by atoms with Crippen molar-refractivity contribution in [2.45, 2.75) is 50.6 Å². The van der Waals surface area contributed by atoms with E-state index in [1.807, 2.05) is 42.7 Å². The molecule has 2 aromatic heterocycles. The van der Waals surface area contributed by atoms with Crippen LogP contribution in [0.5, 0.6) is 0 Å². The zero-order valence-electron chi connectivity index (χ0n) is 18.6. The number of para-hydroxylation sites is 1. The average Bonchev–Trinajstić information content (AvgIpc) is 3.16. The molecule has 0 aliphatic carbocycles. The van der Waals surface area contributed by atoms with Crippen molar-refractivity contribution in [3.63, 3.8) is 0 Å². The van der Waals surface area contributed by atoms with Crippen molar-refractivity contribution in [2.24, 2.45) is 0 Å². The minimum atomic E-state index is -0.351. The molecule has 1 unspecified atom stereocenters. The molecule has 1 aromatic carbocycles. The van der Waals surface area contributed by atoms with Crippen LogP contribution in [0.1, 0.15) is 37.8 Å². The van der Waals surface area contributed by atoms with E-state index in [2.05, 4.69) is 40.4 Å². The van der Waals surface area contributed by atoms with E-state index in [4.69, 9.17) is 4.74 Å². The molecule has 0 saturated carbocycles. The fraction of sp³-hybridized carbons (Fsp3) is 0.391. The van der Waals surface area contributed by atoms with Crippen LogP contribution in [0.3, 0.4) is 0 Å². The van der Waals surface area contributed by atoms with Gasteiger partial charge in [-0.05, 0) is 43.0 Å². The summed E-state index contributed by atoms with van der Waals surface area (Å²) < 4.78 is 7.25. The highest BCUT2D eigenvalue weighted by atomic mass is 32.2. The summed E-state index contributed by atoms with van der Waals surface area (Å²) in [6.07, 6.45) is 3.45. The molecule has 31 heavy (non-hydrogen) atoms. The first-order valence-corrected chi connectivity index (χ1v) is 11.2. The Balaban J connectivity index is 1.81. The molecule has 8 heteroatoms. The molecule has 3 aromatic rings. The molecule has 0 spiro atoms. The molecular formula is C23H29N5O2S. The largest absolute Gasteiger partial charge is 0.383 e. The molecule has 0 radical (unpaired) electrons. The van der Waals surface area contributed by atoms with E-state index in [0.29, 0.717) is 24.2 Å². The number of pyridine rings is 1. The van der Waals surface area contributed by atoms with Gasteiger partial charge in [0.1, 0.15) is 0 Å². The minimum absolute atomic E-state index is 0.0621. The second-order valence-electron chi connectivity index (χ2n) is 7.63. The summed E-state index contributed by atoms with van der Waals surface area (Å²) in [6, 6.07) is 9.89. The zero-order valence-corrected chi connectivity index (χ0v) is 19.4. The summed E-state index contributed by atoms with van der Waals surface area (Å²) in [4.78, 5) is 17.1. The Labute approximate surface area is 187 Å². The lowest BCUT2D eigenvalue weighted by Crippen LogP contribution is -2.24. The molecule has 3 rings (SSSR count). The summed E-state index contributed by atoms with van der Waals surface area (Å²) in [5.74, 6) is 0.988. The van der Waals surface area contributed by atoms with Gasteiger partial charge in [-0.2, -0.15) is 0 Å². The lowest BCUT2D eigenvalue weighted by Gasteiger charge is -2.18. The van der Waals surface area contributed by atoms with E-state index in [1.165, 1.54) is 11.8 Å². The Morgan fingerprint density at radius 2 is 1.90 bits per heavy atom. The Kier molecular flexibility index (Phi) is 7.81. The van der Waals surface area contributed by atoms with Crippen LogP contribution in [0.25, 0.3) is 11.4 Å². The maximum absolute atomic E-state index is 13.0. The van der Waals surface area contributed by atoms with Gasteiger partial charge in [0.05, 0.1) is 18.4 Å². The molecule has 0 fully saturated rings. The van der Waals surface area contributed by atoms with Crippen LogP contribution in [-0.2, 0) is 16.1 Å². The number of anilines is 1. The number of aryl methyl sites for hydroxylation is 1. The number of aromatic nitrogens is 4. The second kappa shape index (κ2) is 10.5. The third kappa shape index (κ3) is 5.51. The van der Waals surface area contributed by atoms with E-state index in [-0.39, 0.29) is 11.2 Å². The van der Waals surface area contributed by atoms with E-state index >= 15 is 0 Å². The molecule has 0 aliphatic heterocycles. The Bertz CT molecular complexity index is 1020. The Hall–Kier alpha value is -2.71. The zero-order chi connectivity index (χ0) is 22.4. The van der Waals surface area contributed by atoms with Gasteiger partial charge in [-0.1, -0.05) is 43.8 Å². The molecule has 1 amide bonds. The number of rotatable bonds is 9. The van der Waals surface area contributed by atoms with E-state index in [0.717, 1.165) is 28.2 Å². The monoisotopic (exact) mass is 439 g/mol. The van der Waals surface area contributed by atoms with Crippen molar-refractivity contribution in [3.05, 3.63) is 53.9 Å². The molecular weight excluding hydrogens is 410 g/mol. The maximum Gasteiger partial charge on any atom is 0.237 e.